The lowest BCUT2D eigenvalue weighted by atomic mass is 9.92. The van der Waals surface area contributed by atoms with E-state index in [1.54, 1.807) is 4.68 Å². The number of aromatic nitrogens is 2. The number of sulfone groups is 1. The van der Waals surface area contributed by atoms with Crippen molar-refractivity contribution in [1.29, 1.82) is 0 Å². The molecule has 0 radical (unpaired) electrons. The molecule has 1 N–H and O–H groups in total. The first-order valence-corrected chi connectivity index (χ1v) is 8.77. The predicted molar refractivity (Wildman–Crippen MR) is 73.9 cm³/mol. The number of rotatable bonds is 2. The highest BCUT2D eigenvalue weighted by Crippen LogP contribution is 2.33. The maximum Gasteiger partial charge on any atom is 0.173 e. The maximum absolute atomic E-state index is 12.0. The molecule has 2 aliphatic heterocycles. The van der Waals surface area contributed by atoms with Gasteiger partial charge in [-0.15, -0.1) is 0 Å². The molecule has 0 spiro atoms. The van der Waals surface area contributed by atoms with Crippen molar-refractivity contribution >= 4 is 9.84 Å². The van der Waals surface area contributed by atoms with Crippen LogP contribution in [0.3, 0.4) is 0 Å². The molecular weight excluding hydrogens is 262 g/mol. The fraction of sp³-hybridized carbons (Fsp3) is 0.769. The Kier molecular flexibility index (Phi) is 3.39. The first kappa shape index (κ1) is 13.1. The molecule has 3 rings (SSSR count). The second kappa shape index (κ2) is 4.90. The van der Waals surface area contributed by atoms with Crippen LogP contribution in [0, 0.1) is 6.92 Å². The number of hydrogen-bond donors (Lipinski definition) is 1. The van der Waals surface area contributed by atoms with Gasteiger partial charge in [-0.3, -0.25) is 4.68 Å². The van der Waals surface area contributed by atoms with E-state index in [1.807, 2.05) is 13.1 Å². The van der Waals surface area contributed by atoms with Crippen LogP contribution in [0.1, 0.15) is 48.2 Å². The zero-order valence-corrected chi connectivity index (χ0v) is 12.1. The summed E-state index contributed by atoms with van der Waals surface area (Å²) in [4.78, 5) is 0. The molecule has 2 fully saturated rings. The van der Waals surface area contributed by atoms with E-state index in [4.69, 9.17) is 0 Å². The summed E-state index contributed by atoms with van der Waals surface area (Å²) in [6, 6.07) is 0. The lowest BCUT2D eigenvalue weighted by molar-refractivity contribution is 0.458. The molecule has 0 aliphatic carbocycles. The van der Waals surface area contributed by atoms with Gasteiger partial charge in [0.25, 0.3) is 0 Å². The number of piperidine rings is 1. The van der Waals surface area contributed by atoms with E-state index in [-0.39, 0.29) is 0 Å². The smallest absolute Gasteiger partial charge is 0.173 e. The first-order chi connectivity index (χ1) is 9.09. The van der Waals surface area contributed by atoms with Crippen molar-refractivity contribution in [3.63, 3.8) is 0 Å². The molecule has 3 heterocycles. The zero-order chi connectivity index (χ0) is 13.5. The van der Waals surface area contributed by atoms with Crippen LogP contribution < -0.4 is 5.32 Å². The quantitative estimate of drug-likeness (QED) is 0.890. The van der Waals surface area contributed by atoms with Gasteiger partial charge in [0.15, 0.2) is 15.2 Å². The van der Waals surface area contributed by atoms with Crippen molar-refractivity contribution in [2.75, 3.05) is 18.8 Å². The lowest BCUT2D eigenvalue weighted by Crippen LogP contribution is -2.28. The Balaban J connectivity index is 1.90. The van der Waals surface area contributed by atoms with Crippen LogP contribution in [0.2, 0.25) is 0 Å². The summed E-state index contributed by atoms with van der Waals surface area (Å²) in [7, 11) is -3.00. The highest BCUT2D eigenvalue weighted by atomic mass is 32.2. The van der Waals surface area contributed by atoms with Gasteiger partial charge in [-0.25, -0.2) is 8.42 Å². The van der Waals surface area contributed by atoms with Gasteiger partial charge in [-0.1, -0.05) is 0 Å². The summed E-state index contributed by atoms with van der Waals surface area (Å²) >= 11 is 0. The van der Waals surface area contributed by atoms with E-state index >= 15 is 0 Å². The van der Waals surface area contributed by atoms with Crippen molar-refractivity contribution < 1.29 is 8.42 Å². The van der Waals surface area contributed by atoms with Gasteiger partial charge in [0, 0.05) is 12.2 Å². The van der Waals surface area contributed by atoms with Crippen LogP contribution >= 0.6 is 0 Å². The Hall–Kier alpha value is -0.880. The average Bonchev–Trinajstić information content (AvgIpc) is 2.93. The molecule has 2 unspecified atom stereocenters. The minimum atomic E-state index is -3.00. The van der Waals surface area contributed by atoms with E-state index < -0.39 is 15.2 Å². The molecule has 19 heavy (non-hydrogen) atoms. The van der Waals surface area contributed by atoms with Gasteiger partial charge in [0.05, 0.1) is 11.9 Å². The molecule has 1 aromatic rings. The number of hydrogen-bond acceptors (Lipinski definition) is 4. The Morgan fingerprint density at radius 1 is 1.37 bits per heavy atom. The van der Waals surface area contributed by atoms with Crippen LogP contribution in [0.4, 0.5) is 0 Å². The molecule has 2 saturated heterocycles. The largest absolute Gasteiger partial charge is 0.316 e. The van der Waals surface area contributed by atoms with E-state index in [0.29, 0.717) is 18.1 Å². The highest BCUT2D eigenvalue weighted by Gasteiger charge is 2.35. The zero-order valence-electron chi connectivity index (χ0n) is 11.3. The Bertz CT molecular complexity index is 558. The van der Waals surface area contributed by atoms with Gasteiger partial charge >= 0.3 is 0 Å². The molecule has 0 amide bonds. The third-order valence-electron chi connectivity index (χ3n) is 4.39. The van der Waals surface area contributed by atoms with Gasteiger partial charge < -0.3 is 5.32 Å². The van der Waals surface area contributed by atoms with Crippen molar-refractivity contribution in [1.82, 2.24) is 15.1 Å². The van der Waals surface area contributed by atoms with Crippen LogP contribution in [0.15, 0.2) is 6.20 Å². The van der Waals surface area contributed by atoms with E-state index in [1.165, 1.54) is 12.0 Å². The van der Waals surface area contributed by atoms with Crippen molar-refractivity contribution in [2.24, 2.45) is 0 Å². The van der Waals surface area contributed by atoms with Gasteiger partial charge in [0.1, 0.15) is 0 Å². The molecule has 0 saturated carbocycles. The van der Waals surface area contributed by atoms with Gasteiger partial charge in [0.2, 0.25) is 0 Å². The molecule has 106 valence electrons. The standard InChI is InChI=1S/C13H21N3O2S/c1-10-12(11-4-2-6-14-8-11)9-15-16(10)13-5-3-7-19(13,17)18/h9,11,13-14H,2-8H2,1H3. The van der Waals surface area contributed by atoms with Gasteiger partial charge in [-0.05, 0) is 50.6 Å². The topological polar surface area (TPSA) is 64.0 Å². The van der Waals surface area contributed by atoms with Crippen LogP contribution in [-0.4, -0.2) is 37.0 Å². The summed E-state index contributed by atoms with van der Waals surface area (Å²) in [6.45, 7) is 4.06. The van der Waals surface area contributed by atoms with E-state index in [9.17, 15) is 8.42 Å². The molecule has 1 aromatic heterocycles. The average molecular weight is 283 g/mol. The minimum Gasteiger partial charge on any atom is -0.316 e. The summed E-state index contributed by atoms with van der Waals surface area (Å²) in [5, 5.41) is 7.35. The molecule has 5 nitrogen and oxygen atoms in total. The van der Waals surface area contributed by atoms with Crippen molar-refractivity contribution in [2.45, 2.75) is 43.9 Å². The normalized spacial score (nSPS) is 30.6. The highest BCUT2D eigenvalue weighted by molar-refractivity contribution is 7.91. The fourth-order valence-electron chi connectivity index (χ4n) is 3.29. The SMILES string of the molecule is Cc1c(C2CCCNC2)cnn1C1CCCS1(=O)=O. The summed E-state index contributed by atoms with van der Waals surface area (Å²) in [5.41, 5.74) is 2.25. The summed E-state index contributed by atoms with van der Waals surface area (Å²) < 4.78 is 25.8. The number of nitrogens with one attached hydrogen (secondary N) is 1. The van der Waals surface area contributed by atoms with Crippen LogP contribution in [-0.2, 0) is 9.84 Å². The van der Waals surface area contributed by atoms with Crippen LogP contribution in [0.5, 0.6) is 0 Å². The number of nitrogens with zero attached hydrogens (tertiary/aromatic N) is 2. The maximum atomic E-state index is 12.0. The molecule has 0 bridgehead atoms. The van der Waals surface area contributed by atoms with Crippen LogP contribution in [0.25, 0.3) is 0 Å². The molecule has 0 aromatic carbocycles. The Labute approximate surface area is 114 Å². The third-order valence-corrected chi connectivity index (χ3v) is 6.51. The fourth-order valence-corrected chi connectivity index (χ4v) is 5.18. The Morgan fingerprint density at radius 2 is 2.21 bits per heavy atom. The summed E-state index contributed by atoms with van der Waals surface area (Å²) in [5.74, 6) is 0.781. The van der Waals surface area contributed by atoms with Crippen molar-refractivity contribution in [3.8, 4) is 0 Å². The predicted octanol–water partition coefficient (Wildman–Crippen LogP) is 1.37. The van der Waals surface area contributed by atoms with Crippen molar-refractivity contribution in [3.05, 3.63) is 17.5 Å². The van der Waals surface area contributed by atoms with E-state index in [2.05, 4.69) is 10.4 Å². The first-order valence-electron chi connectivity index (χ1n) is 7.06. The summed E-state index contributed by atoms with van der Waals surface area (Å²) in [6.07, 6.45) is 5.68. The molecule has 2 atom stereocenters. The second-order valence-corrected chi connectivity index (χ2v) is 7.92. The lowest BCUT2D eigenvalue weighted by Gasteiger charge is -2.23. The monoisotopic (exact) mass is 283 g/mol. The third kappa shape index (κ3) is 2.31. The second-order valence-electron chi connectivity index (χ2n) is 5.64. The van der Waals surface area contributed by atoms with Gasteiger partial charge in [-0.2, -0.15) is 5.10 Å². The minimum absolute atomic E-state index is 0.303. The van der Waals surface area contributed by atoms with E-state index in [0.717, 1.165) is 31.6 Å². The molecule has 6 heteroatoms. The molecular formula is C13H21N3O2S. The Morgan fingerprint density at radius 3 is 2.84 bits per heavy atom. The molecule has 2 aliphatic rings.